The summed E-state index contributed by atoms with van der Waals surface area (Å²) < 4.78 is 11.2. The van der Waals surface area contributed by atoms with E-state index in [1.165, 1.54) is 11.8 Å². The summed E-state index contributed by atoms with van der Waals surface area (Å²) in [5, 5.41) is 10.5. The van der Waals surface area contributed by atoms with E-state index in [0.29, 0.717) is 19.0 Å². The van der Waals surface area contributed by atoms with Gasteiger partial charge in [-0.25, -0.2) is 5.01 Å². The number of benzene rings is 1. The van der Waals surface area contributed by atoms with Crippen molar-refractivity contribution >= 4 is 46.1 Å². The molecule has 0 N–H and O–H groups in total. The first-order chi connectivity index (χ1) is 14.3. The lowest BCUT2D eigenvalue weighted by Gasteiger charge is -2.21. The van der Waals surface area contributed by atoms with Crippen LogP contribution in [0.1, 0.15) is 22.2 Å². The second-order valence-electron chi connectivity index (χ2n) is 6.59. The lowest BCUT2D eigenvalue weighted by molar-refractivity contribution is -0.130. The van der Waals surface area contributed by atoms with E-state index < -0.39 is 0 Å². The van der Waals surface area contributed by atoms with E-state index in [1.54, 1.807) is 27.7 Å². The van der Waals surface area contributed by atoms with Crippen molar-refractivity contribution in [3.8, 4) is 11.5 Å². The van der Waals surface area contributed by atoms with E-state index in [2.05, 4.69) is 12.1 Å². The van der Waals surface area contributed by atoms with Gasteiger partial charge in [0.2, 0.25) is 0 Å². The van der Waals surface area contributed by atoms with Gasteiger partial charge in [-0.2, -0.15) is 5.10 Å². The molecule has 5 nitrogen and oxygen atoms in total. The van der Waals surface area contributed by atoms with Crippen molar-refractivity contribution in [1.82, 2.24) is 5.01 Å². The SMILES string of the molecule is O=C(CSc1ccc2c(c1)OCCO2)N1N=C(c2cccs2)C[C@H]1c1cccs1. The highest BCUT2D eigenvalue weighted by Gasteiger charge is 2.33. The van der Waals surface area contributed by atoms with Crippen LogP contribution in [0.2, 0.25) is 0 Å². The lowest BCUT2D eigenvalue weighted by Crippen LogP contribution is -2.28. The molecule has 148 valence electrons. The van der Waals surface area contributed by atoms with Gasteiger partial charge in [0.1, 0.15) is 13.2 Å². The lowest BCUT2D eigenvalue weighted by atomic mass is 10.1. The summed E-state index contributed by atoms with van der Waals surface area (Å²) in [6.45, 7) is 1.12. The fourth-order valence-electron chi connectivity index (χ4n) is 3.36. The number of carbonyl (C=O) groups is 1. The number of carbonyl (C=O) groups excluding carboxylic acids is 1. The van der Waals surface area contributed by atoms with Gasteiger partial charge in [0, 0.05) is 16.2 Å². The Hall–Kier alpha value is -2.29. The maximum Gasteiger partial charge on any atom is 0.253 e. The Morgan fingerprint density at radius 1 is 1.10 bits per heavy atom. The normalized spacial score (nSPS) is 18.0. The standard InChI is InChI=1S/C21H18N2O3S3/c24-21(13-29-14-5-6-17-18(11-14)26-8-7-25-17)23-16(20-4-2-10-28-20)12-15(22-23)19-3-1-9-27-19/h1-6,9-11,16H,7-8,12-13H2/t16-/m0/s1. The Balaban J connectivity index is 1.32. The van der Waals surface area contributed by atoms with Gasteiger partial charge >= 0.3 is 0 Å². The predicted molar refractivity (Wildman–Crippen MR) is 118 cm³/mol. The first-order valence-corrected chi connectivity index (χ1v) is 12.0. The number of hydrogen-bond acceptors (Lipinski definition) is 7. The number of thioether (sulfide) groups is 1. The van der Waals surface area contributed by atoms with Crippen LogP contribution in [0, 0.1) is 0 Å². The van der Waals surface area contributed by atoms with Crippen LogP contribution < -0.4 is 9.47 Å². The first kappa shape index (κ1) is 18.7. The molecule has 0 fully saturated rings. The summed E-state index contributed by atoms with van der Waals surface area (Å²) in [7, 11) is 0. The van der Waals surface area contributed by atoms with Crippen LogP contribution in [-0.4, -0.2) is 35.6 Å². The molecule has 4 heterocycles. The second-order valence-corrected chi connectivity index (χ2v) is 9.57. The van der Waals surface area contributed by atoms with Gasteiger partial charge in [-0.3, -0.25) is 4.79 Å². The molecule has 1 amide bonds. The van der Waals surface area contributed by atoms with Gasteiger partial charge < -0.3 is 9.47 Å². The average Bonchev–Trinajstić information content (AvgIpc) is 3.52. The highest BCUT2D eigenvalue weighted by atomic mass is 32.2. The molecule has 2 aliphatic heterocycles. The summed E-state index contributed by atoms with van der Waals surface area (Å²) in [5.41, 5.74) is 0.982. The molecule has 1 aromatic carbocycles. The van der Waals surface area contributed by atoms with Crippen LogP contribution in [0.15, 0.2) is 63.2 Å². The Bertz CT molecular complexity index is 1030. The van der Waals surface area contributed by atoms with Crippen LogP contribution in [0.4, 0.5) is 0 Å². The monoisotopic (exact) mass is 442 g/mol. The molecular formula is C21H18N2O3S3. The van der Waals surface area contributed by atoms with Gasteiger partial charge in [0.25, 0.3) is 5.91 Å². The van der Waals surface area contributed by atoms with Crippen LogP contribution >= 0.6 is 34.4 Å². The Labute approximate surface area is 181 Å². The number of hydrogen-bond donors (Lipinski definition) is 0. The van der Waals surface area contributed by atoms with Crippen molar-refractivity contribution in [1.29, 1.82) is 0 Å². The topological polar surface area (TPSA) is 51.1 Å². The molecule has 1 atom stereocenters. The molecule has 0 saturated carbocycles. The highest BCUT2D eigenvalue weighted by Crippen LogP contribution is 2.38. The van der Waals surface area contributed by atoms with E-state index in [4.69, 9.17) is 14.6 Å². The van der Waals surface area contributed by atoms with Crippen molar-refractivity contribution in [2.45, 2.75) is 17.4 Å². The molecule has 0 aliphatic carbocycles. The number of thiophene rings is 2. The number of fused-ring (bicyclic) bond motifs is 1. The molecule has 5 rings (SSSR count). The molecule has 0 saturated heterocycles. The Kier molecular flexibility index (Phi) is 5.30. The highest BCUT2D eigenvalue weighted by molar-refractivity contribution is 8.00. The number of hydrazone groups is 1. The van der Waals surface area contributed by atoms with Crippen molar-refractivity contribution in [3.63, 3.8) is 0 Å². The van der Waals surface area contributed by atoms with Crippen molar-refractivity contribution in [2.24, 2.45) is 5.10 Å². The predicted octanol–water partition coefficient (Wildman–Crippen LogP) is 5.05. The fourth-order valence-corrected chi connectivity index (χ4v) is 5.67. The molecule has 2 aromatic heterocycles. The number of nitrogens with zero attached hydrogens (tertiary/aromatic N) is 2. The molecule has 0 radical (unpaired) electrons. The molecule has 0 spiro atoms. The maximum absolute atomic E-state index is 13.1. The zero-order valence-corrected chi connectivity index (χ0v) is 17.9. The molecule has 0 bridgehead atoms. The van der Waals surface area contributed by atoms with Crippen LogP contribution in [0.25, 0.3) is 0 Å². The van der Waals surface area contributed by atoms with Crippen molar-refractivity contribution in [3.05, 3.63) is 63.0 Å². The Morgan fingerprint density at radius 3 is 2.72 bits per heavy atom. The summed E-state index contributed by atoms with van der Waals surface area (Å²) in [5.74, 6) is 1.83. The third kappa shape index (κ3) is 3.92. The number of ether oxygens (including phenoxy) is 2. The zero-order valence-electron chi connectivity index (χ0n) is 15.4. The van der Waals surface area contributed by atoms with Crippen LogP contribution in [0.3, 0.4) is 0 Å². The van der Waals surface area contributed by atoms with E-state index in [0.717, 1.165) is 38.3 Å². The zero-order chi connectivity index (χ0) is 19.6. The van der Waals surface area contributed by atoms with Gasteiger partial charge in [0.15, 0.2) is 11.5 Å². The third-order valence-electron chi connectivity index (χ3n) is 4.72. The van der Waals surface area contributed by atoms with Gasteiger partial charge in [-0.1, -0.05) is 12.1 Å². The summed E-state index contributed by atoms with van der Waals surface area (Å²) in [4.78, 5) is 16.4. The van der Waals surface area contributed by atoms with Crippen molar-refractivity contribution < 1.29 is 14.3 Å². The number of amides is 1. The third-order valence-corrected chi connectivity index (χ3v) is 7.59. The quantitative estimate of drug-likeness (QED) is 0.519. The van der Waals surface area contributed by atoms with E-state index >= 15 is 0 Å². The van der Waals surface area contributed by atoms with Crippen LogP contribution in [0.5, 0.6) is 11.5 Å². The minimum Gasteiger partial charge on any atom is -0.486 e. The maximum atomic E-state index is 13.1. The molecule has 0 unspecified atom stereocenters. The van der Waals surface area contributed by atoms with Crippen LogP contribution in [-0.2, 0) is 4.79 Å². The first-order valence-electron chi connectivity index (χ1n) is 9.27. The fraction of sp³-hybridized carbons (Fsp3) is 0.238. The van der Waals surface area contributed by atoms with E-state index in [1.807, 2.05) is 41.1 Å². The van der Waals surface area contributed by atoms with E-state index in [9.17, 15) is 4.79 Å². The average molecular weight is 443 g/mol. The summed E-state index contributed by atoms with van der Waals surface area (Å²) in [6.07, 6.45) is 0.751. The second kappa shape index (κ2) is 8.22. The molecule has 29 heavy (non-hydrogen) atoms. The van der Waals surface area contributed by atoms with Gasteiger partial charge in [0.05, 0.1) is 22.4 Å². The van der Waals surface area contributed by atoms with Gasteiger partial charge in [-0.15, -0.1) is 34.4 Å². The largest absolute Gasteiger partial charge is 0.486 e. The molecule has 3 aromatic rings. The smallest absolute Gasteiger partial charge is 0.253 e. The number of rotatable bonds is 5. The molecule has 2 aliphatic rings. The minimum absolute atomic E-state index is 0.00912. The summed E-state index contributed by atoms with van der Waals surface area (Å²) in [6, 6.07) is 14.0. The Morgan fingerprint density at radius 2 is 1.93 bits per heavy atom. The minimum atomic E-state index is -0.0273. The summed E-state index contributed by atoms with van der Waals surface area (Å²) >= 11 is 4.83. The van der Waals surface area contributed by atoms with E-state index in [-0.39, 0.29) is 11.9 Å². The van der Waals surface area contributed by atoms with Gasteiger partial charge in [-0.05, 0) is 41.1 Å². The molecular weight excluding hydrogens is 424 g/mol. The molecule has 8 heteroatoms. The van der Waals surface area contributed by atoms with Crippen molar-refractivity contribution in [2.75, 3.05) is 19.0 Å².